The molecule has 0 saturated carbocycles. The first-order valence-corrected chi connectivity index (χ1v) is 7.77. The molecule has 0 atom stereocenters. The van der Waals surface area contributed by atoms with Crippen LogP contribution in [-0.4, -0.2) is 36.5 Å². The summed E-state index contributed by atoms with van der Waals surface area (Å²) in [7, 11) is 0. The summed E-state index contributed by atoms with van der Waals surface area (Å²) in [6, 6.07) is 8.05. The van der Waals surface area contributed by atoms with Crippen molar-refractivity contribution in [3.63, 3.8) is 0 Å². The molecular formula is C17H28N2O3. The minimum Gasteiger partial charge on any atom is -0.444 e. The van der Waals surface area contributed by atoms with Gasteiger partial charge in [-0.05, 0) is 57.8 Å². The van der Waals surface area contributed by atoms with Crippen molar-refractivity contribution in [2.45, 2.75) is 45.8 Å². The SMILES string of the molecule is CC(C)(C)OC(=O)NCc1ccccc1CCNCCCO. The quantitative estimate of drug-likeness (QED) is 0.644. The molecule has 1 amide bonds. The Morgan fingerprint density at radius 2 is 1.86 bits per heavy atom. The lowest BCUT2D eigenvalue weighted by Gasteiger charge is -2.20. The van der Waals surface area contributed by atoms with Crippen LogP contribution in [0.2, 0.25) is 0 Å². The Kier molecular flexibility index (Phi) is 7.91. The molecule has 5 heteroatoms. The van der Waals surface area contributed by atoms with Gasteiger partial charge in [-0.1, -0.05) is 24.3 Å². The van der Waals surface area contributed by atoms with Gasteiger partial charge in [0.15, 0.2) is 0 Å². The molecule has 1 rings (SSSR count). The normalized spacial score (nSPS) is 11.3. The number of alkyl carbamates (subject to hydrolysis) is 1. The van der Waals surface area contributed by atoms with E-state index in [1.807, 2.05) is 39.0 Å². The average Bonchev–Trinajstić information content (AvgIpc) is 2.44. The van der Waals surface area contributed by atoms with Crippen LogP contribution >= 0.6 is 0 Å². The van der Waals surface area contributed by atoms with Crippen LogP contribution in [0.15, 0.2) is 24.3 Å². The van der Waals surface area contributed by atoms with Gasteiger partial charge in [0.25, 0.3) is 0 Å². The van der Waals surface area contributed by atoms with Crippen molar-refractivity contribution in [1.29, 1.82) is 0 Å². The molecule has 0 bridgehead atoms. The molecule has 0 fully saturated rings. The zero-order chi connectivity index (χ0) is 16.4. The van der Waals surface area contributed by atoms with Crippen molar-refractivity contribution in [2.75, 3.05) is 19.7 Å². The second-order valence-corrected chi connectivity index (χ2v) is 6.20. The molecule has 22 heavy (non-hydrogen) atoms. The highest BCUT2D eigenvalue weighted by Gasteiger charge is 2.15. The van der Waals surface area contributed by atoms with Crippen molar-refractivity contribution >= 4 is 6.09 Å². The van der Waals surface area contributed by atoms with Crippen molar-refractivity contribution in [2.24, 2.45) is 0 Å². The van der Waals surface area contributed by atoms with Crippen molar-refractivity contribution in [3.05, 3.63) is 35.4 Å². The van der Waals surface area contributed by atoms with Crippen LogP contribution in [0.5, 0.6) is 0 Å². The lowest BCUT2D eigenvalue weighted by molar-refractivity contribution is 0.0523. The molecular weight excluding hydrogens is 280 g/mol. The van der Waals surface area contributed by atoms with Crippen LogP contribution in [0, 0.1) is 0 Å². The smallest absolute Gasteiger partial charge is 0.407 e. The van der Waals surface area contributed by atoms with Crippen molar-refractivity contribution in [1.82, 2.24) is 10.6 Å². The molecule has 0 aliphatic heterocycles. The lowest BCUT2D eigenvalue weighted by atomic mass is 10.0. The summed E-state index contributed by atoms with van der Waals surface area (Å²) in [5, 5.41) is 14.8. The molecule has 0 unspecified atom stereocenters. The predicted octanol–water partition coefficient (Wildman–Crippen LogP) is 2.23. The maximum absolute atomic E-state index is 11.7. The standard InChI is InChI=1S/C17H28N2O3/c1-17(2,3)22-16(21)19-13-15-8-5-4-7-14(15)9-11-18-10-6-12-20/h4-5,7-8,18,20H,6,9-13H2,1-3H3,(H,19,21). The van der Waals surface area contributed by atoms with Gasteiger partial charge >= 0.3 is 6.09 Å². The second kappa shape index (κ2) is 9.43. The van der Waals surface area contributed by atoms with Gasteiger partial charge in [0.1, 0.15) is 5.60 Å². The molecule has 0 aliphatic carbocycles. The monoisotopic (exact) mass is 308 g/mol. The third-order valence-electron chi connectivity index (χ3n) is 3.02. The molecule has 124 valence electrons. The van der Waals surface area contributed by atoms with E-state index in [1.165, 1.54) is 5.56 Å². The van der Waals surface area contributed by atoms with Gasteiger partial charge < -0.3 is 20.5 Å². The van der Waals surface area contributed by atoms with E-state index in [-0.39, 0.29) is 6.61 Å². The molecule has 1 aromatic carbocycles. The van der Waals surface area contributed by atoms with Crippen molar-refractivity contribution < 1.29 is 14.6 Å². The Hall–Kier alpha value is -1.59. The maximum atomic E-state index is 11.7. The average molecular weight is 308 g/mol. The van der Waals surface area contributed by atoms with Gasteiger partial charge in [-0.15, -0.1) is 0 Å². The Labute approximate surface area is 133 Å². The minimum absolute atomic E-state index is 0.212. The number of aliphatic hydroxyl groups is 1. The highest BCUT2D eigenvalue weighted by Crippen LogP contribution is 2.10. The summed E-state index contributed by atoms with van der Waals surface area (Å²) in [6.45, 7) is 7.87. The molecule has 0 spiro atoms. The fourth-order valence-corrected chi connectivity index (χ4v) is 2.01. The Morgan fingerprint density at radius 1 is 1.18 bits per heavy atom. The molecule has 5 nitrogen and oxygen atoms in total. The van der Waals surface area contributed by atoms with Gasteiger partial charge in [0.2, 0.25) is 0 Å². The molecule has 0 heterocycles. The van der Waals surface area contributed by atoms with E-state index < -0.39 is 11.7 Å². The van der Waals surface area contributed by atoms with Crippen LogP contribution in [0.1, 0.15) is 38.3 Å². The third-order valence-corrected chi connectivity index (χ3v) is 3.02. The van der Waals surface area contributed by atoms with E-state index >= 15 is 0 Å². The fraction of sp³-hybridized carbons (Fsp3) is 0.588. The Balaban J connectivity index is 2.44. The van der Waals surface area contributed by atoms with E-state index in [1.54, 1.807) is 0 Å². The summed E-state index contributed by atoms with van der Waals surface area (Å²) < 4.78 is 5.24. The lowest BCUT2D eigenvalue weighted by Crippen LogP contribution is -2.32. The first-order chi connectivity index (χ1) is 10.4. The van der Waals surface area contributed by atoms with E-state index in [4.69, 9.17) is 9.84 Å². The third kappa shape index (κ3) is 8.00. The van der Waals surface area contributed by atoms with Crippen LogP contribution in [0.3, 0.4) is 0 Å². The van der Waals surface area contributed by atoms with Crippen molar-refractivity contribution in [3.8, 4) is 0 Å². The number of aliphatic hydroxyl groups excluding tert-OH is 1. The van der Waals surface area contributed by atoms with E-state index in [0.717, 1.165) is 31.5 Å². The largest absolute Gasteiger partial charge is 0.444 e. The number of hydrogen-bond acceptors (Lipinski definition) is 4. The minimum atomic E-state index is -0.486. The zero-order valence-corrected chi connectivity index (χ0v) is 13.8. The summed E-state index contributed by atoms with van der Waals surface area (Å²) in [5.74, 6) is 0. The van der Waals surface area contributed by atoms with E-state index in [2.05, 4.69) is 16.7 Å². The van der Waals surface area contributed by atoms with Crippen LogP contribution in [-0.2, 0) is 17.7 Å². The number of nitrogens with one attached hydrogen (secondary N) is 2. The maximum Gasteiger partial charge on any atom is 0.407 e. The Morgan fingerprint density at radius 3 is 2.50 bits per heavy atom. The molecule has 0 saturated heterocycles. The molecule has 3 N–H and O–H groups in total. The van der Waals surface area contributed by atoms with Gasteiger partial charge in [0, 0.05) is 13.2 Å². The topological polar surface area (TPSA) is 70.6 Å². The summed E-state index contributed by atoms with van der Waals surface area (Å²) >= 11 is 0. The Bertz CT molecular complexity index is 455. The van der Waals surface area contributed by atoms with Gasteiger partial charge in [0.05, 0.1) is 0 Å². The second-order valence-electron chi connectivity index (χ2n) is 6.20. The predicted molar refractivity (Wildman–Crippen MR) is 87.8 cm³/mol. The zero-order valence-electron chi connectivity index (χ0n) is 13.8. The summed E-state index contributed by atoms with van der Waals surface area (Å²) in [5.41, 5.74) is 1.81. The first kappa shape index (κ1) is 18.5. The number of carbonyl (C=O) groups excluding carboxylic acids is 1. The van der Waals surface area contributed by atoms with E-state index in [0.29, 0.717) is 6.54 Å². The highest BCUT2D eigenvalue weighted by molar-refractivity contribution is 5.67. The van der Waals surface area contributed by atoms with Crippen LogP contribution in [0.25, 0.3) is 0 Å². The molecule has 1 aromatic rings. The summed E-state index contributed by atoms with van der Waals surface area (Å²) in [4.78, 5) is 11.7. The number of carbonyl (C=O) groups is 1. The number of rotatable bonds is 8. The molecule has 0 aromatic heterocycles. The number of ether oxygens (including phenoxy) is 1. The van der Waals surface area contributed by atoms with Gasteiger partial charge in [-0.3, -0.25) is 0 Å². The number of amides is 1. The number of hydrogen-bond donors (Lipinski definition) is 3. The molecule has 0 radical (unpaired) electrons. The van der Waals surface area contributed by atoms with Crippen LogP contribution < -0.4 is 10.6 Å². The first-order valence-electron chi connectivity index (χ1n) is 7.77. The number of benzene rings is 1. The highest BCUT2D eigenvalue weighted by atomic mass is 16.6. The van der Waals surface area contributed by atoms with Gasteiger partial charge in [-0.25, -0.2) is 4.79 Å². The van der Waals surface area contributed by atoms with E-state index in [9.17, 15) is 4.79 Å². The van der Waals surface area contributed by atoms with Gasteiger partial charge in [-0.2, -0.15) is 0 Å². The summed E-state index contributed by atoms with van der Waals surface area (Å²) in [6.07, 6.45) is 1.25. The fourth-order valence-electron chi connectivity index (χ4n) is 2.01. The molecule has 0 aliphatic rings. The van der Waals surface area contributed by atoms with Crippen LogP contribution in [0.4, 0.5) is 4.79 Å².